The normalized spacial score (nSPS) is 19.0. The lowest BCUT2D eigenvalue weighted by Crippen LogP contribution is -2.50. The Morgan fingerprint density at radius 3 is 3.19 bits per heavy atom. The third kappa shape index (κ3) is 4.85. The van der Waals surface area contributed by atoms with Crippen LogP contribution in [0.5, 0.6) is 0 Å². The van der Waals surface area contributed by atoms with Crippen LogP contribution >= 0.6 is 0 Å². The molecule has 0 bridgehead atoms. The van der Waals surface area contributed by atoms with Crippen molar-refractivity contribution in [3.8, 4) is 6.07 Å². The first-order valence-electron chi connectivity index (χ1n) is 7.40. The molecule has 0 spiro atoms. The average Bonchev–Trinajstić information content (AvgIpc) is 2.47. The van der Waals surface area contributed by atoms with Gasteiger partial charge in [-0.2, -0.15) is 5.26 Å². The van der Waals surface area contributed by atoms with Crippen molar-refractivity contribution in [2.45, 2.75) is 25.8 Å². The molecule has 1 aromatic rings. The minimum absolute atomic E-state index is 0.0317. The molecular weight excluding hydrogens is 264 g/mol. The molecule has 0 saturated carbocycles. The molecule has 0 radical (unpaired) electrons. The number of benzene rings is 1. The van der Waals surface area contributed by atoms with Gasteiger partial charge in [0, 0.05) is 31.7 Å². The number of nitrogens with one attached hydrogen (secondary N) is 2. The number of piperazine rings is 1. The SMILES string of the molecule is Cc1cccc(NC(=O)CCCN2CCNCC2C#N)c1. The summed E-state index contributed by atoms with van der Waals surface area (Å²) in [6, 6.07) is 10.0. The van der Waals surface area contributed by atoms with Gasteiger partial charge in [-0.1, -0.05) is 12.1 Å². The molecule has 1 amide bonds. The molecule has 2 N–H and O–H groups in total. The second kappa shape index (κ2) is 7.77. The van der Waals surface area contributed by atoms with Crippen LogP contribution in [-0.2, 0) is 4.79 Å². The number of rotatable bonds is 5. The Morgan fingerprint density at radius 2 is 2.43 bits per heavy atom. The van der Waals surface area contributed by atoms with Crippen LogP contribution in [-0.4, -0.2) is 43.0 Å². The highest BCUT2D eigenvalue weighted by molar-refractivity contribution is 5.90. The summed E-state index contributed by atoms with van der Waals surface area (Å²) < 4.78 is 0. The summed E-state index contributed by atoms with van der Waals surface area (Å²) in [5.41, 5.74) is 1.97. The Hall–Kier alpha value is -1.90. The van der Waals surface area contributed by atoms with Gasteiger partial charge in [-0.3, -0.25) is 9.69 Å². The summed E-state index contributed by atoms with van der Waals surface area (Å²) in [6.45, 7) is 5.29. The van der Waals surface area contributed by atoms with Gasteiger partial charge in [0.25, 0.3) is 0 Å². The maximum absolute atomic E-state index is 11.9. The number of nitrogens with zero attached hydrogens (tertiary/aromatic N) is 2. The highest BCUT2D eigenvalue weighted by Crippen LogP contribution is 2.11. The van der Waals surface area contributed by atoms with Gasteiger partial charge in [-0.25, -0.2) is 0 Å². The molecule has 1 fully saturated rings. The lowest BCUT2D eigenvalue weighted by atomic mass is 10.1. The average molecular weight is 286 g/mol. The number of anilines is 1. The highest BCUT2D eigenvalue weighted by Gasteiger charge is 2.21. The molecule has 0 aromatic heterocycles. The zero-order valence-corrected chi connectivity index (χ0v) is 12.4. The van der Waals surface area contributed by atoms with E-state index in [1.165, 1.54) is 0 Å². The van der Waals surface area contributed by atoms with Crippen LogP contribution in [0.4, 0.5) is 5.69 Å². The summed E-state index contributed by atoms with van der Waals surface area (Å²) in [4.78, 5) is 14.1. The Kier molecular flexibility index (Phi) is 5.73. The van der Waals surface area contributed by atoms with E-state index in [2.05, 4.69) is 21.6 Å². The highest BCUT2D eigenvalue weighted by atomic mass is 16.1. The second-order valence-corrected chi connectivity index (χ2v) is 5.41. The van der Waals surface area contributed by atoms with Crippen LogP contribution in [0.15, 0.2) is 24.3 Å². The smallest absolute Gasteiger partial charge is 0.224 e. The minimum Gasteiger partial charge on any atom is -0.326 e. The molecular formula is C16H22N4O. The van der Waals surface area contributed by atoms with E-state index in [0.29, 0.717) is 13.0 Å². The predicted octanol–water partition coefficient (Wildman–Crippen LogP) is 1.51. The fraction of sp³-hybridized carbons (Fsp3) is 0.500. The molecule has 112 valence electrons. The van der Waals surface area contributed by atoms with E-state index in [1.807, 2.05) is 31.2 Å². The van der Waals surface area contributed by atoms with E-state index < -0.39 is 0 Å². The molecule has 1 aliphatic rings. The number of amides is 1. The van der Waals surface area contributed by atoms with Crippen molar-refractivity contribution >= 4 is 11.6 Å². The molecule has 1 aromatic carbocycles. The fourth-order valence-electron chi connectivity index (χ4n) is 2.53. The van der Waals surface area contributed by atoms with E-state index >= 15 is 0 Å². The Labute approximate surface area is 125 Å². The number of hydrogen-bond donors (Lipinski definition) is 2. The van der Waals surface area contributed by atoms with Crippen LogP contribution in [0, 0.1) is 18.3 Å². The third-order valence-corrected chi connectivity index (χ3v) is 3.65. The van der Waals surface area contributed by atoms with Crippen molar-refractivity contribution in [1.29, 1.82) is 5.26 Å². The third-order valence-electron chi connectivity index (χ3n) is 3.65. The Morgan fingerprint density at radius 1 is 1.57 bits per heavy atom. The standard InChI is InChI=1S/C16H22N4O/c1-13-4-2-5-14(10-13)19-16(21)6-3-8-20-9-7-18-12-15(20)11-17/h2,4-5,10,15,18H,3,6-9,12H2,1H3,(H,19,21). The topological polar surface area (TPSA) is 68.2 Å². The summed E-state index contributed by atoms with van der Waals surface area (Å²) in [5.74, 6) is 0.0317. The molecule has 1 unspecified atom stereocenters. The lowest BCUT2D eigenvalue weighted by molar-refractivity contribution is -0.116. The first kappa shape index (κ1) is 15.5. The van der Waals surface area contributed by atoms with Gasteiger partial charge >= 0.3 is 0 Å². The first-order valence-corrected chi connectivity index (χ1v) is 7.40. The molecule has 2 rings (SSSR count). The van der Waals surface area contributed by atoms with Gasteiger partial charge in [0.15, 0.2) is 0 Å². The van der Waals surface area contributed by atoms with Crippen molar-refractivity contribution in [3.05, 3.63) is 29.8 Å². The minimum atomic E-state index is -0.0708. The first-order chi connectivity index (χ1) is 10.2. The number of hydrogen-bond acceptors (Lipinski definition) is 4. The molecule has 5 nitrogen and oxygen atoms in total. The maximum Gasteiger partial charge on any atom is 0.224 e. The number of carbonyl (C=O) groups excluding carboxylic acids is 1. The summed E-state index contributed by atoms with van der Waals surface area (Å²) in [6.07, 6.45) is 1.26. The lowest BCUT2D eigenvalue weighted by Gasteiger charge is -2.31. The fourth-order valence-corrected chi connectivity index (χ4v) is 2.53. The monoisotopic (exact) mass is 286 g/mol. The van der Waals surface area contributed by atoms with E-state index in [4.69, 9.17) is 5.26 Å². The molecule has 0 aliphatic carbocycles. The van der Waals surface area contributed by atoms with E-state index in [9.17, 15) is 4.79 Å². The number of nitriles is 1. The molecule has 1 heterocycles. The quantitative estimate of drug-likeness (QED) is 0.861. The summed E-state index contributed by atoms with van der Waals surface area (Å²) in [7, 11) is 0. The van der Waals surface area contributed by atoms with Crippen molar-refractivity contribution < 1.29 is 4.79 Å². The van der Waals surface area contributed by atoms with Crippen LogP contribution in [0.2, 0.25) is 0 Å². The van der Waals surface area contributed by atoms with Gasteiger partial charge in [-0.15, -0.1) is 0 Å². The van der Waals surface area contributed by atoms with Gasteiger partial charge in [-0.05, 0) is 37.6 Å². The molecule has 21 heavy (non-hydrogen) atoms. The Bertz CT molecular complexity index is 523. The van der Waals surface area contributed by atoms with Gasteiger partial charge in [0.2, 0.25) is 5.91 Å². The summed E-state index contributed by atoms with van der Waals surface area (Å²) >= 11 is 0. The molecule has 1 saturated heterocycles. The largest absolute Gasteiger partial charge is 0.326 e. The van der Waals surface area contributed by atoms with Crippen LogP contribution < -0.4 is 10.6 Å². The van der Waals surface area contributed by atoms with E-state index in [1.54, 1.807) is 0 Å². The zero-order chi connectivity index (χ0) is 15.1. The van der Waals surface area contributed by atoms with E-state index in [0.717, 1.165) is 37.3 Å². The number of aryl methyl sites for hydroxylation is 1. The van der Waals surface area contributed by atoms with Gasteiger partial charge < -0.3 is 10.6 Å². The van der Waals surface area contributed by atoms with Crippen molar-refractivity contribution in [1.82, 2.24) is 10.2 Å². The molecule has 1 aliphatic heterocycles. The zero-order valence-electron chi connectivity index (χ0n) is 12.4. The van der Waals surface area contributed by atoms with Crippen molar-refractivity contribution in [2.24, 2.45) is 0 Å². The summed E-state index contributed by atoms with van der Waals surface area (Å²) in [5, 5.41) is 15.2. The Balaban J connectivity index is 1.73. The molecule has 1 atom stereocenters. The predicted molar refractivity (Wildman–Crippen MR) is 82.9 cm³/mol. The van der Waals surface area contributed by atoms with Crippen LogP contribution in [0.3, 0.4) is 0 Å². The number of carbonyl (C=O) groups is 1. The van der Waals surface area contributed by atoms with E-state index in [-0.39, 0.29) is 11.9 Å². The van der Waals surface area contributed by atoms with Gasteiger partial charge in [0.1, 0.15) is 6.04 Å². The van der Waals surface area contributed by atoms with Gasteiger partial charge in [0.05, 0.1) is 6.07 Å². The van der Waals surface area contributed by atoms with Crippen molar-refractivity contribution in [3.63, 3.8) is 0 Å². The van der Waals surface area contributed by atoms with Crippen molar-refractivity contribution in [2.75, 3.05) is 31.5 Å². The molecule has 5 heteroatoms. The van der Waals surface area contributed by atoms with Crippen LogP contribution in [0.1, 0.15) is 18.4 Å². The maximum atomic E-state index is 11.9. The van der Waals surface area contributed by atoms with Crippen LogP contribution in [0.25, 0.3) is 0 Å². The second-order valence-electron chi connectivity index (χ2n) is 5.41.